The molecule has 0 radical (unpaired) electrons. The molecule has 2 aliphatic heterocycles. The van der Waals surface area contributed by atoms with Crippen LogP contribution in [0.1, 0.15) is 32.4 Å². The normalized spacial score (nSPS) is 24.0. The number of nitrogens with zero attached hydrogens (tertiary/aromatic N) is 1. The second-order valence-corrected chi connectivity index (χ2v) is 9.62. The maximum absolute atomic E-state index is 13.9. The Hall–Kier alpha value is -3.52. The predicted molar refractivity (Wildman–Crippen MR) is 131 cm³/mol. The molecule has 0 bridgehead atoms. The number of anilines is 1. The smallest absolute Gasteiger partial charge is 0.241 e. The number of Topliss-reactive ketones (excluding diaryl/α,β-unsaturated/α-hetero) is 2. The number of fused-ring (bicyclic) bond motifs is 3. The Morgan fingerprint density at radius 2 is 1.47 bits per heavy atom. The molecule has 3 aliphatic rings. The van der Waals surface area contributed by atoms with Crippen LogP contribution in [0.4, 0.5) is 5.69 Å². The van der Waals surface area contributed by atoms with Crippen LogP contribution in [0.25, 0.3) is 0 Å². The second kappa shape index (κ2) is 8.00. The molecule has 180 valence electrons. The molecule has 9 heteroatoms. The Labute approximate surface area is 215 Å². The highest BCUT2D eigenvalue weighted by Gasteiger charge is 2.75. The zero-order valence-electron chi connectivity index (χ0n) is 18.7. The average Bonchev–Trinajstić information content (AvgIpc) is 3.46. The summed E-state index contributed by atoms with van der Waals surface area (Å²) in [6.45, 7) is 0. The van der Waals surface area contributed by atoms with Gasteiger partial charge >= 0.3 is 0 Å². The van der Waals surface area contributed by atoms with Gasteiger partial charge in [-0.1, -0.05) is 59.6 Å². The fourth-order valence-electron chi connectivity index (χ4n) is 5.53. The SMILES string of the molecule is COc1ccc(N2C(=O)[C@@H]3[C@@H](c4cccc(Cl)c4Cl)OC4(C(=O)c5ccccc5C4=O)[C@@H]3C2=O)cc1. The molecule has 0 unspecified atom stereocenters. The van der Waals surface area contributed by atoms with Crippen LogP contribution in [0.5, 0.6) is 5.75 Å². The van der Waals surface area contributed by atoms with E-state index in [0.29, 0.717) is 17.0 Å². The van der Waals surface area contributed by atoms with Crippen LogP contribution < -0.4 is 9.64 Å². The molecule has 1 spiro atoms. The number of rotatable bonds is 3. The van der Waals surface area contributed by atoms with Crippen molar-refractivity contribution in [2.24, 2.45) is 11.8 Å². The summed E-state index contributed by atoms with van der Waals surface area (Å²) in [7, 11) is 1.50. The fourth-order valence-corrected chi connectivity index (χ4v) is 5.94. The number of ketones is 2. The number of halogens is 2. The molecular weight excluding hydrogens is 505 g/mol. The Bertz CT molecular complexity index is 1450. The molecule has 3 aromatic carbocycles. The summed E-state index contributed by atoms with van der Waals surface area (Å²) in [4.78, 5) is 56.3. The molecular formula is C27H17Cl2NO6. The fraction of sp³-hybridized carbons (Fsp3) is 0.185. The van der Waals surface area contributed by atoms with E-state index in [-0.39, 0.29) is 21.2 Å². The maximum atomic E-state index is 13.9. The Balaban J connectivity index is 1.55. The van der Waals surface area contributed by atoms with E-state index >= 15 is 0 Å². The number of benzene rings is 3. The first-order valence-corrected chi connectivity index (χ1v) is 11.9. The summed E-state index contributed by atoms with van der Waals surface area (Å²) in [6, 6.07) is 17.5. The van der Waals surface area contributed by atoms with Gasteiger partial charge in [-0.25, -0.2) is 4.90 Å². The number of carbonyl (C=O) groups excluding carboxylic acids is 4. The molecule has 2 amide bonds. The number of amides is 2. The lowest BCUT2D eigenvalue weighted by Crippen LogP contribution is -2.51. The van der Waals surface area contributed by atoms with E-state index in [1.807, 2.05) is 0 Å². The minimum absolute atomic E-state index is 0.124. The lowest BCUT2D eigenvalue weighted by molar-refractivity contribution is -0.127. The lowest BCUT2D eigenvalue weighted by atomic mass is 9.77. The molecule has 3 aromatic rings. The van der Waals surface area contributed by atoms with E-state index in [0.717, 1.165) is 4.90 Å². The molecule has 7 nitrogen and oxygen atoms in total. The molecule has 0 N–H and O–H groups in total. The third kappa shape index (κ3) is 2.85. The Kier molecular flexibility index (Phi) is 5.09. The van der Waals surface area contributed by atoms with Crippen molar-refractivity contribution in [3.8, 4) is 5.75 Å². The van der Waals surface area contributed by atoms with Crippen molar-refractivity contribution >= 4 is 52.3 Å². The number of ether oxygens (including phenoxy) is 2. The molecule has 2 saturated heterocycles. The molecule has 1 aliphatic carbocycles. The molecule has 2 heterocycles. The van der Waals surface area contributed by atoms with Gasteiger partial charge < -0.3 is 9.47 Å². The summed E-state index contributed by atoms with van der Waals surface area (Å²) in [6.07, 6.45) is -1.15. The molecule has 0 saturated carbocycles. The van der Waals surface area contributed by atoms with Crippen LogP contribution in [0.15, 0.2) is 66.7 Å². The predicted octanol–water partition coefficient (Wildman–Crippen LogP) is 4.70. The third-order valence-electron chi connectivity index (χ3n) is 7.14. The number of methoxy groups -OCH3 is 1. The molecule has 2 fully saturated rings. The van der Waals surface area contributed by atoms with Crippen LogP contribution in [-0.2, 0) is 14.3 Å². The van der Waals surface area contributed by atoms with E-state index in [1.165, 1.54) is 19.2 Å². The van der Waals surface area contributed by atoms with Crippen LogP contribution in [-0.4, -0.2) is 36.1 Å². The van der Waals surface area contributed by atoms with Gasteiger partial charge in [0.2, 0.25) is 29.0 Å². The summed E-state index contributed by atoms with van der Waals surface area (Å²) in [5.41, 5.74) is -1.25. The maximum Gasteiger partial charge on any atom is 0.241 e. The van der Waals surface area contributed by atoms with Crippen LogP contribution in [0, 0.1) is 11.8 Å². The molecule has 6 rings (SSSR count). The molecule has 3 atom stereocenters. The minimum atomic E-state index is -2.18. The Morgan fingerprint density at radius 1 is 0.833 bits per heavy atom. The second-order valence-electron chi connectivity index (χ2n) is 8.83. The third-order valence-corrected chi connectivity index (χ3v) is 7.97. The highest BCUT2D eigenvalue weighted by atomic mass is 35.5. The minimum Gasteiger partial charge on any atom is -0.497 e. The zero-order chi connectivity index (χ0) is 25.4. The number of hydrogen-bond donors (Lipinski definition) is 0. The van der Waals surface area contributed by atoms with E-state index in [2.05, 4.69) is 0 Å². The van der Waals surface area contributed by atoms with Crippen LogP contribution in [0.2, 0.25) is 10.0 Å². The molecule has 0 aromatic heterocycles. The van der Waals surface area contributed by atoms with Gasteiger partial charge in [-0.2, -0.15) is 0 Å². The van der Waals surface area contributed by atoms with Crippen molar-refractivity contribution in [1.82, 2.24) is 0 Å². The van der Waals surface area contributed by atoms with Crippen molar-refractivity contribution in [3.05, 3.63) is 93.5 Å². The van der Waals surface area contributed by atoms with E-state index < -0.39 is 46.9 Å². The van der Waals surface area contributed by atoms with E-state index in [4.69, 9.17) is 32.7 Å². The molecule has 36 heavy (non-hydrogen) atoms. The topological polar surface area (TPSA) is 90.0 Å². The van der Waals surface area contributed by atoms with Crippen LogP contribution >= 0.6 is 23.2 Å². The van der Waals surface area contributed by atoms with Gasteiger partial charge in [0.25, 0.3) is 0 Å². The number of imide groups is 1. The van der Waals surface area contributed by atoms with Gasteiger partial charge in [0, 0.05) is 16.7 Å². The van der Waals surface area contributed by atoms with Crippen molar-refractivity contribution < 1.29 is 28.7 Å². The summed E-state index contributed by atoms with van der Waals surface area (Å²) >= 11 is 12.7. The summed E-state index contributed by atoms with van der Waals surface area (Å²) < 4.78 is 11.4. The van der Waals surface area contributed by atoms with Gasteiger partial charge in [0.1, 0.15) is 5.75 Å². The highest BCUT2D eigenvalue weighted by molar-refractivity contribution is 6.42. The van der Waals surface area contributed by atoms with Gasteiger partial charge in [-0.05, 0) is 30.3 Å². The monoisotopic (exact) mass is 521 g/mol. The first-order chi connectivity index (χ1) is 17.3. The summed E-state index contributed by atoms with van der Waals surface area (Å²) in [5, 5.41) is 0.338. The van der Waals surface area contributed by atoms with Crippen molar-refractivity contribution in [3.63, 3.8) is 0 Å². The van der Waals surface area contributed by atoms with Crippen molar-refractivity contribution in [1.29, 1.82) is 0 Å². The average molecular weight is 522 g/mol. The van der Waals surface area contributed by atoms with E-state index in [1.54, 1.807) is 54.6 Å². The highest BCUT2D eigenvalue weighted by Crippen LogP contribution is 2.58. The number of carbonyl (C=O) groups is 4. The quantitative estimate of drug-likeness (QED) is 0.366. The first kappa shape index (κ1) is 22.9. The van der Waals surface area contributed by atoms with Crippen molar-refractivity contribution in [2.45, 2.75) is 11.7 Å². The summed E-state index contributed by atoms with van der Waals surface area (Å²) in [5.74, 6) is -4.57. The van der Waals surface area contributed by atoms with Crippen LogP contribution in [0.3, 0.4) is 0 Å². The lowest BCUT2D eigenvalue weighted by Gasteiger charge is -2.27. The standard InChI is InChI=1S/C27H17Cl2NO6/c1-35-14-11-9-13(10-12-14)30-25(33)19-20(26(30)34)27(23(31)15-5-2-3-6-16(15)24(27)32)36-22(19)17-7-4-8-18(28)21(17)29/h2-12,19-20,22H,1H3/t19-,20-,22+/m0/s1. The van der Waals surface area contributed by atoms with Gasteiger partial charge in [0.05, 0.1) is 40.8 Å². The van der Waals surface area contributed by atoms with Gasteiger partial charge in [-0.15, -0.1) is 0 Å². The van der Waals surface area contributed by atoms with Gasteiger partial charge in [0.15, 0.2) is 0 Å². The van der Waals surface area contributed by atoms with E-state index in [9.17, 15) is 19.2 Å². The largest absolute Gasteiger partial charge is 0.497 e. The first-order valence-electron chi connectivity index (χ1n) is 11.1. The van der Waals surface area contributed by atoms with Gasteiger partial charge in [-0.3, -0.25) is 19.2 Å². The zero-order valence-corrected chi connectivity index (χ0v) is 20.2. The number of hydrogen-bond acceptors (Lipinski definition) is 6. The van der Waals surface area contributed by atoms with Crippen molar-refractivity contribution in [2.75, 3.05) is 12.0 Å². The Morgan fingerprint density at radius 3 is 2.08 bits per heavy atom.